The zero-order chi connectivity index (χ0) is 12.2. The first-order chi connectivity index (χ1) is 7.57. The van der Waals surface area contributed by atoms with Gasteiger partial charge in [-0.1, -0.05) is 13.8 Å². The highest BCUT2D eigenvalue weighted by molar-refractivity contribution is 5.94. The van der Waals surface area contributed by atoms with Crippen LogP contribution in [0.3, 0.4) is 0 Å². The van der Waals surface area contributed by atoms with Gasteiger partial charge in [0.15, 0.2) is 5.82 Å². The van der Waals surface area contributed by atoms with Crippen molar-refractivity contribution in [2.75, 3.05) is 11.9 Å². The summed E-state index contributed by atoms with van der Waals surface area (Å²) in [6, 6.07) is 1.80. The number of hydrogen-bond donors (Lipinski definition) is 3. The number of hydrogen-bond acceptors (Lipinski definition) is 3. The Kier molecular flexibility index (Phi) is 4.06. The first-order valence-electron chi connectivity index (χ1n) is 5.61. The van der Waals surface area contributed by atoms with Crippen molar-refractivity contribution in [3.05, 3.63) is 11.8 Å². The largest absolute Gasteiger partial charge is 0.329 e. The molecule has 90 valence electrons. The molecule has 16 heavy (non-hydrogen) atoms. The monoisotopic (exact) mass is 224 g/mol. The van der Waals surface area contributed by atoms with Gasteiger partial charge in [-0.2, -0.15) is 5.10 Å². The molecule has 0 saturated heterocycles. The third kappa shape index (κ3) is 2.41. The van der Waals surface area contributed by atoms with Gasteiger partial charge in [-0.05, 0) is 19.8 Å². The minimum atomic E-state index is -0.479. The summed E-state index contributed by atoms with van der Waals surface area (Å²) < 4.78 is 0. The van der Waals surface area contributed by atoms with Crippen molar-refractivity contribution in [3.63, 3.8) is 0 Å². The first kappa shape index (κ1) is 12.7. The molecule has 0 atom stereocenters. The highest BCUT2D eigenvalue weighted by Gasteiger charge is 2.33. The predicted molar refractivity (Wildman–Crippen MR) is 64.0 cm³/mol. The number of nitrogens with zero attached hydrogens (tertiary/aromatic N) is 1. The van der Waals surface area contributed by atoms with Crippen molar-refractivity contribution >= 4 is 11.7 Å². The molecule has 1 amide bonds. The van der Waals surface area contributed by atoms with Gasteiger partial charge in [-0.3, -0.25) is 9.89 Å². The Balaban J connectivity index is 2.77. The second kappa shape index (κ2) is 5.12. The lowest BCUT2D eigenvalue weighted by Gasteiger charge is -2.27. The molecule has 0 saturated carbocycles. The van der Waals surface area contributed by atoms with Gasteiger partial charge in [0.1, 0.15) is 0 Å². The summed E-state index contributed by atoms with van der Waals surface area (Å²) >= 11 is 0. The van der Waals surface area contributed by atoms with Crippen LogP contribution in [0.2, 0.25) is 0 Å². The molecular formula is C11H20N4O. The number of rotatable bonds is 5. The molecule has 0 unspecified atom stereocenters. The van der Waals surface area contributed by atoms with E-state index in [1.807, 2.05) is 20.8 Å². The van der Waals surface area contributed by atoms with Gasteiger partial charge < -0.3 is 11.1 Å². The Morgan fingerprint density at radius 2 is 2.19 bits per heavy atom. The molecule has 0 bridgehead atoms. The molecule has 0 aromatic carbocycles. The van der Waals surface area contributed by atoms with Crippen LogP contribution in [-0.4, -0.2) is 22.6 Å². The van der Waals surface area contributed by atoms with Crippen LogP contribution in [-0.2, 0) is 4.79 Å². The third-order valence-corrected chi connectivity index (χ3v) is 3.17. The van der Waals surface area contributed by atoms with Crippen molar-refractivity contribution in [2.45, 2.75) is 33.6 Å². The van der Waals surface area contributed by atoms with E-state index in [0.29, 0.717) is 12.4 Å². The summed E-state index contributed by atoms with van der Waals surface area (Å²) in [7, 11) is 0. The normalized spacial score (nSPS) is 11.5. The number of aryl methyl sites for hydroxylation is 1. The fourth-order valence-electron chi connectivity index (χ4n) is 1.68. The molecule has 1 heterocycles. The second-order valence-electron chi connectivity index (χ2n) is 4.08. The lowest BCUT2D eigenvalue weighted by atomic mass is 9.81. The van der Waals surface area contributed by atoms with Crippen LogP contribution in [0.15, 0.2) is 6.07 Å². The number of aromatic amines is 1. The molecule has 5 heteroatoms. The molecule has 0 radical (unpaired) electrons. The van der Waals surface area contributed by atoms with E-state index in [-0.39, 0.29) is 5.91 Å². The van der Waals surface area contributed by atoms with Gasteiger partial charge in [0.25, 0.3) is 0 Å². The zero-order valence-corrected chi connectivity index (χ0v) is 10.1. The number of nitrogens with one attached hydrogen (secondary N) is 2. The van der Waals surface area contributed by atoms with Crippen LogP contribution in [0, 0.1) is 12.3 Å². The molecule has 1 aromatic heterocycles. The number of carbonyl (C=O) groups excluding carboxylic acids is 1. The van der Waals surface area contributed by atoms with Crippen LogP contribution in [0.4, 0.5) is 5.82 Å². The summed E-state index contributed by atoms with van der Waals surface area (Å²) in [6.45, 7) is 6.20. The van der Waals surface area contributed by atoms with Crippen molar-refractivity contribution in [3.8, 4) is 0 Å². The third-order valence-electron chi connectivity index (χ3n) is 3.17. The fourth-order valence-corrected chi connectivity index (χ4v) is 1.68. The number of carbonyl (C=O) groups is 1. The van der Waals surface area contributed by atoms with E-state index in [9.17, 15) is 4.79 Å². The van der Waals surface area contributed by atoms with Crippen molar-refractivity contribution in [1.29, 1.82) is 0 Å². The van der Waals surface area contributed by atoms with E-state index in [2.05, 4.69) is 15.5 Å². The van der Waals surface area contributed by atoms with Crippen molar-refractivity contribution < 1.29 is 4.79 Å². The van der Waals surface area contributed by atoms with Gasteiger partial charge in [0.05, 0.1) is 5.41 Å². The average molecular weight is 224 g/mol. The number of nitrogens with two attached hydrogens (primary N) is 1. The molecule has 0 spiro atoms. The molecule has 4 N–H and O–H groups in total. The average Bonchev–Trinajstić information content (AvgIpc) is 2.67. The quantitative estimate of drug-likeness (QED) is 0.707. The number of aromatic nitrogens is 2. The van der Waals surface area contributed by atoms with Crippen LogP contribution in [0.1, 0.15) is 32.4 Å². The van der Waals surface area contributed by atoms with Gasteiger partial charge >= 0.3 is 0 Å². The minimum Gasteiger partial charge on any atom is -0.329 e. The molecule has 5 nitrogen and oxygen atoms in total. The number of H-pyrrole nitrogens is 1. The van der Waals surface area contributed by atoms with E-state index in [0.717, 1.165) is 18.5 Å². The molecule has 0 aliphatic rings. The Labute approximate surface area is 95.8 Å². The van der Waals surface area contributed by atoms with E-state index >= 15 is 0 Å². The Bertz CT molecular complexity index is 346. The molecule has 0 aliphatic heterocycles. The SMILES string of the molecule is CCC(CC)(CN)C(=O)Nc1cc(C)[nH]n1. The second-order valence-corrected chi connectivity index (χ2v) is 4.08. The summed E-state index contributed by atoms with van der Waals surface area (Å²) in [4.78, 5) is 12.1. The van der Waals surface area contributed by atoms with E-state index in [4.69, 9.17) is 5.73 Å². The van der Waals surface area contributed by atoms with Crippen molar-refractivity contribution in [2.24, 2.45) is 11.1 Å². The van der Waals surface area contributed by atoms with Gasteiger partial charge in [-0.25, -0.2) is 0 Å². The Morgan fingerprint density at radius 3 is 2.56 bits per heavy atom. The standard InChI is InChI=1S/C11H20N4O/c1-4-11(5-2,7-12)10(16)13-9-6-8(3)14-15-9/h6H,4-5,7,12H2,1-3H3,(H2,13,14,15,16). The fraction of sp³-hybridized carbons (Fsp3) is 0.636. The zero-order valence-electron chi connectivity index (χ0n) is 10.1. The summed E-state index contributed by atoms with van der Waals surface area (Å²) in [5.74, 6) is 0.508. The minimum absolute atomic E-state index is 0.0495. The summed E-state index contributed by atoms with van der Waals surface area (Å²) in [5, 5.41) is 9.55. The number of anilines is 1. The smallest absolute Gasteiger partial charge is 0.233 e. The Morgan fingerprint density at radius 1 is 1.56 bits per heavy atom. The van der Waals surface area contributed by atoms with Crippen molar-refractivity contribution in [1.82, 2.24) is 10.2 Å². The lowest BCUT2D eigenvalue weighted by molar-refractivity contribution is -0.125. The van der Waals surface area contributed by atoms with Crippen LogP contribution < -0.4 is 11.1 Å². The highest BCUT2D eigenvalue weighted by atomic mass is 16.2. The summed E-state index contributed by atoms with van der Waals surface area (Å²) in [6.07, 6.45) is 1.46. The molecule has 0 aliphatic carbocycles. The molecule has 0 fully saturated rings. The van der Waals surface area contributed by atoms with Gasteiger partial charge in [0, 0.05) is 18.3 Å². The maximum absolute atomic E-state index is 12.1. The van der Waals surface area contributed by atoms with Crippen LogP contribution >= 0.6 is 0 Å². The first-order valence-corrected chi connectivity index (χ1v) is 5.61. The molecule has 1 rings (SSSR count). The number of amides is 1. The van der Waals surface area contributed by atoms with Gasteiger partial charge in [0.2, 0.25) is 5.91 Å². The van der Waals surface area contributed by atoms with Crippen LogP contribution in [0.5, 0.6) is 0 Å². The highest BCUT2D eigenvalue weighted by Crippen LogP contribution is 2.26. The topological polar surface area (TPSA) is 83.8 Å². The molecule has 1 aromatic rings. The maximum atomic E-state index is 12.1. The van der Waals surface area contributed by atoms with E-state index in [1.54, 1.807) is 6.07 Å². The van der Waals surface area contributed by atoms with E-state index in [1.165, 1.54) is 0 Å². The maximum Gasteiger partial charge on any atom is 0.233 e. The lowest BCUT2D eigenvalue weighted by Crippen LogP contribution is -2.41. The van der Waals surface area contributed by atoms with Crippen LogP contribution in [0.25, 0.3) is 0 Å². The Hall–Kier alpha value is -1.36. The predicted octanol–water partition coefficient (Wildman–Crippen LogP) is 1.42. The van der Waals surface area contributed by atoms with E-state index < -0.39 is 5.41 Å². The summed E-state index contributed by atoms with van der Waals surface area (Å²) in [5.41, 5.74) is 6.14. The molecular weight excluding hydrogens is 204 g/mol. The van der Waals surface area contributed by atoms with Gasteiger partial charge in [-0.15, -0.1) is 0 Å².